The lowest BCUT2D eigenvalue weighted by Gasteiger charge is -2.40. The van der Waals surface area contributed by atoms with Gasteiger partial charge in [-0.3, -0.25) is 19.3 Å². The second-order valence-corrected chi connectivity index (χ2v) is 11.9. The smallest absolute Gasteiger partial charge is 0.312 e. The SMILES string of the molecule is C=CCCCOC(=O)[C@@H]1[C@@H]2CCC3(O2)C(C(=O)N(CC=C)CCN2CCOCC2)N([C@@H](CO)CC(C)C)C(=O)[C@H]13. The fourth-order valence-corrected chi connectivity index (χ4v) is 7.06. The minimum Gasteiger partial charge on any atom is -0.465 e. The first kappa shape index (κ1) is 30.7. The van der Waals surface area contributed by atoms with Crippen molar-refractivity contribution in [2.45, 2.75) is 69.7 Å². The molecule has 4 heterocycles. The molecule has 2 unspecified atom stereocenters. The van der Waals surface area contributed by atoms with E-state index in [0.29, 0.717) is 58.5 Å². The summed E-state index contributed by atoms with van der Waals surface area (Å²) in [7, 11) is 0. The number of nitrogens with zero attached hydrogens (tertiary/aromatic N) is 3. The summed E-state index contributed by atoms with van der Waals surface area (Å²) in [5.41, 5.74) is -1.12. The van der Waals surface area contributed by atoms with Crippen molar-refractivity contribution in [1.82, 2.24) is 14.7 Å². The van der Waals surface area contributed by atoms with Gasteiger partial charge in [-0.25, -0.2) is 0 Å². The maximum absolute atomic E-state index is 14.5. The number of esters is 1. The molecule has 2 bridgehead atoms. The van der Waals surface area contributed by atoms with Gasteiger partial charge in [0.15, 0.2) is 0 Å². The highest BCUT2D eigenvalue weighted by Crippen LogP contribution is 2.59. The first-order valence-electron chi connectivity index (χ1n) is 14.9. The van der Waals surface area contributed by atoms with E-state index in [1.807, 2.05) is 13.8 Å². The highest BCUT2D eigenvalue weighted by molar-refractivity contribution is 5.98. The summed E-state index contributed by atoms with van der Waals surface area (Å²) in [6.45, 7) is 16.0. The average Bonchev–Trinajstić information content (AvgIpc) is 3.59. The third-order valence-electron chi connectivity index (χ3n) is 8.84. The summed E-state index contributed by atoms with van der Waals surface area (Å²) in [6.07, 6.45) is 6.01. The molecule has 0 aromatic carbocycles. The lowest BCUT2D eigenvalue weighted by atomic mass is 9.70. The number of unbranched alkanes of at least 4 members (excludes halogenated alkanes) is 1. The quantitative estimate of drug-likeness (QED) is 0.183. The molecule has 4 aliphatic heterocycles. The number of aliphatic hydroxyl groups is 1. The summed E-state index contributed by atoms with van der Waals surface area (Å²) >= 11 is 0. The van der Waals surface area contributed by atoms with Crippen LogP contribution in [0.2, 0.25) is 0 Å². The van der Waals surface area contributed by atoms with Crippen molar-refractivity contribution in [2.24, 2.45) is 17.8 Å². The van der Waals surface area contributed by atoms with Crippen LogP contribution in [0.5, 0.6) is 0 Å². The Balaban J connectivity index is 1.64. The lowest BCUT2D eigenvalue weighted by molar-refractivity contribution is -0.157. The largest absolute Gasteiger partial charge is 0.465 e. The van der Waals surface area contributed by atoms with Crippen LogP contribution in [0, 0.1) is 17.8 Å². The number of carbonyl (C=O) groups excluding carboxylic acids is 3. The van der Waals surface area contributed by atoms with E-state index in [2.05, 4.69) is 18.1 Å². The Labute approximate surface area is 238 Å². The van der Waals surface area contributed by atoms with Gasteiger partial charge in [0.2, 0.25) is 11.8 Å². The van der Waals surface area contributed by atoms with E-state index in [0.717, 1.165) is 19.5 Å². The Kier molecular flexibility index (Phi) is 10.4. The van der Waals surface area contributed by atoms with Crippen LogP contribution in [0.3, 0.4) is 0 Å². The van der Waals surface area contributed by atoms with Crippen molar-refractivity contribution in [1.29, 1.82) is 0 Å². The zero-order valence-electron chi connectivity index (χ0n) is 24.2. The summed E-state index contributed by atoms with van der Waals surface area (Å²) in [4.78, 5) is 47.6. The minimum absolute atomic E-state index is 0.187. The van der Waals surface area contributed by atoms with E-state index in [4.69, 9.17) is 14.2 Å². The van der Waals surface area contributed by atoms with Gasteiger partial charge in [-0.2, -0.15) is 0 Å². The van der Waals surface area contributed by atoms with Crippen molar-refractivity contribution >= 4 is 17.8 Å². The molecule has 4 fully saturated rings. The van der Waals surface area contributed by atoms with Gasteiger partial charge in [0.25, 0.3) is 0 Å². The summed E-state index contributed by atoms with van der Waals surface area (Å²) in [5.74, 6) is -2.33. The number of carbonyl (C=O) groups is 3. The van der Waals surface area contributed by atoms with E-state index in [-0.39, 0.29) is 30.9 Å². The Morgan fingerprint density at radius 1 is 1.25 bits per heavy atom. The molecule has 1 spiro atoms. The molecule has 0 radical (unpaired) electrons. The first-order chi connectivity index (χ1) is 19.3. The lowest BCUT2D eigenvalue weighted by Crippen LogP contribution is -2.59. The maximum atomic E-state index is 14.5. The summed E-state index contributed by atoms with van der Waals surface area (Å²) in [5, 5.41) is 10.4. The van der Waals surface area contributed by atoms with Crippen LogP contribution in [0.15, 0.2) is 25.3 Å². The van der Waals surface area contributed by atoms with Crippen LogP contribution in [0.1, 0.15) is 46.0 Å². The molecule has 4 saturated heterocycles. The monoisotopic (exact) mass is 561 g/mol. The number of hydrogen-bond acceptors (Lipinski definition) is 8. The molecular weight excluding hydrogens is 514 g/mol. The molecular formula is C30H47N3O7. The van der Waals surface area contributed by atoms with E-state index in [9.17, 15) is 19.5 Å². The topological polar surface area (TPSA) is 109 Å². The van der Waals surface area contributed by atoms with Gasteiger partial charge in [-0.1, -0.05) is 26.0 Å². The van der Waals surface area contributed by atoms with Crippen LogP contribution in [0.4, 0.5) is 0 Å². The molecule has 1 N–H and O–H groups in total. The Hall–Kier alpha value is -2.27. The van der Waals surface area contributed by atoms with Gasteiger partial charge in [-0.05, 0) is 38.0 Å². The van der Waals surface area contributed by atoms with Crippen molar-refractivity contribution in [3.8, 4) is 0 Å². The molecule has 2 amide bonds. The minimum atomic E-state index is -1.12. The van der Waals surface area contributed by atoms with Crippen molar-refractivity contribution < 1.29 is 33.7 Å². The molecule has 0 aliphatic carbocycles. The van der Waals surface area contributed by atoms with Gasteiger partial charge >= 0.3 is 5.97 Å². The number of hydrogen-bond donors (Lipinski definition) is 1. The number of fused-ring (bicyclic) bond motifs is 1. The third kappa shape index (κ3) is 6.00. The van der Waals surface area contributed by atoms with Gasteiger partial charge in [0.1, 0.15) is 11.6 Å². The van der Waals surface area contributed by atoms with Gasteiger partial charge in [-0.15, -0.1) is 13.2 Å². The zero-order chi connectivity index (χ0) is 28.9. The predicted octanol–water partition coefficient (Wildman–Crippen LogP) is 1.62. The van der Waals surface area contributed by atoms with Crippen LogP contribution in [-0.4, -0.2) is 121 Å². The number of morpholine rings is 1. The number of amides is 2. The number of allylic oxidation sites excluding steroid dienone is 1. The molecule has 4 aliphatic rings. The van der Waals surface area contributed by atoms with Crippen LogP contribution < -0.4 is 0 Å². The van der Waals surface area contributed by atoms with E-state index in [1.54, 1.807) is 22.0 Å². The van der Waals surface area contributed by atoms with Gasteiger partial charge in [0.05, 0.1) is 50.4 Å². The maximum Gasteiger partial charge on any atom is 0.312 e. The molecule has 0 aromatic heterocycles. The Morgan fingerprint density at radius 2 is 2.00 bits per heavy atom. The molecule has 10 heteroatoms. The van der Waals surface area contributed by atoms with Crippen molar-refractivity contribution in [2.75, 3.05) is 59.2 Å². The van der Waals surface area contributed by atoms with Crippen LogP contribution in [-0.2, 0) is 28.6 Å². The Morgan fingerprint density at radius 3 is 2.65 bits per heavy atom. The number of ether oxygens (including phenoxy) is 3. The predicted molar refractivity (Wildman–Crippen MR) is 149 cm³/mol. The van der Waals surface area contributed by atoms with E-state index < -0.39 is 41.6 Å². The normalized spacial score (nSPS) is 30.4. The average molecular weight is 562 g/mol. The number of aliphatic hydroxyl groups excluding tert-OH is 1. The van der Waals surface area contributed by atoms with Crippen molar-refractivity contribution in [3.05, 3.63) is 25.3 Å². The Bertz CT molecular complexity index is 936. The standard InChI is InChI=1S/C30H47N3O7/c1-5-7-8-16-39-29(37)24-23-9-10-30(40-23)25(24)27(35)33(22(20-34)19-21(3)4)26(30)28(36)32(11-6-2)13-12-31-14-17-38-18-15-31/h5-6,21-26,34H,1-2,7-20H2,3-4H3/t22-,23+,24-,25+,26?,30?/m1/s1. The van der Waals surface area contributed by atoms with E-state index in [1.165, 1.54) is 0 Å². The molecule has 10 nitrogen and oxygen atoms in total. The zero-order valence-corrected chi connectivity index (χ0v) is 24.2. The molecule has 0 aromatic rings. The second-order valence-electron chi connectivity index (χ2n) is 11.9. The number of rotatable bonds is 15. The van der Waals surface area contributed by atoms with Crippen LogP contribution >= 0.6 is 0 Å². The molecule has 6 atom stereocenters. The fourth-order valence-electron chi connectivity index (χ4n) is 7.06. The van der Waals surface area contributed by atoms with Gasteiger partial charge < -0.3 is 29.1 Å². The second kappa shape index (κ2) is 13.6. The molecule has 4 rings (SSSR count). The van der Waals surface area contributed by atoms with Gasteiger partial charge in [0, 0.05) is 32.7 Å². The highest BCUT2D eigenvalue weighted by atomic mass is 16.6. The van der Waals surface area contributed by atoms with E-state index >= 15 is 0 Å². The van der Waals surface area contributed by atoms with Crippen LogP contribution in [0.25, 0.3) is 0 Å². The third-order valence-corrected chi connectivity index (χ3v) is 8.84. The molecule has 224 valence electrons. The molecule has 0 saturated carbocycles. The highest BCUT2D eigenvalue weighted by Gasteiger charge is 2.75. The number of likely N-dealkylation sites (tertiary alicyclic amines) is 1. The summed E-state index contributed by atoms with van der Waals surface area (Å²) in [6, 6.07) is -1.48. The summed E-state index contributed by atoms with van der Waals surface area (Å²) < 4.78 is 17.6. The molecule has 40 heavy (non-hydrogen) atoms. The van der Waals surface area contributed by atoms with Crippen molar-refractivity contribution in [3.63, 3.8) is 0 Å². The fraction of sp³-hybridized carbons (Fsp3) is 0.767. The first-order valence-corrected chi connectivity index (χ1v) is 14.9.